The fourth-order valence-corrected chi connectivity index (χ4v) is 2.36. The van der Waals surface area contributed by atoms with Gasteiger partial charge in [0.05, 0.1) is 13.1 Å². The van der Waals surface area contributed by atoms with Crippen LogP contribution in [0.1, 0.15) is 16.7 Å². The number of hydrogen-bond acceptors (Lipinski definition) is 3. The maximum Gasteiger partial charge on any atom is 0.405 e. The summed E-state index contributed by atoms with van der Waals surface area (Å²) >= 11 is 0. The van der Waals surface area contributed by atoms with Gasteiger partial charge in [0.1, 0.15) is 6.54 Å². The van der Waals surface area contributed by atoms with Crippen LogP contribution < -0.4 is 10.6 Å². The molecule has 0 radical (unpaired) electrons. The van der Waals surface area contributed by atoms with Gasteiger partial charge in [-0.2, -0.15) is 13.2 Å². The van der Waals surface area contributed by atoms with Gasteiger partial charge in [0.2, 0.25) is 11.8 Å². The van der Waals surface area contributed by atoms with Gasteiger partial charge >= 0.3 is 6.18 Å². The Balaban J connectivity index is 2.52. The minimum absolute atomic E-state index is 0.105. The molecule has 24 heavy (non-hydrogen) atoms. The Bertz CT molecular complexity index is 592. The molecule has 2 amide bonds. The number of carbonyl (C=O) groups is 2. The second kappa shape index (κ2) is 8.14. The van der Waals surface area contributed by atoms with Crippen molar-refractivity contribution in [3.63, 3.8) is 0 Å². The van der Waals surface area contributed by atoms with Gasteiger partial charge in [0.25, 0.3) is 0 Å². The van der Waals surface area contributed by atoms with Crippen molar-refractivity contribution in [3.05, 3.63) is 28.8 Å². The molecule has 0 aromatic heterocycles. The number of rotatable bonds is 6. The number of halogens is 3. The first kappa shape index (κ1) is 20.0. The second-order valence-electron chi connectivity index (χ2n) is 5.89. The predicted molar refractivity (Wildman–Crippen MR) is 85.8 cm³/mol. The van der Waals surface area contributed by atoms with Gasteiger partial charge in [-0.15, -0.1) is 0 Å². The van der Waals surface area contributed by atoms with E-state index in [1.165, 1.54) is 11.9 Å². The number of nitrogens with zero attached hydrogens (tertiary/aromatic N) is 1. The molecule has 0 saturated heterocycles. The van der Waals surface area contributed by atoms with Crippen LogP contribution in [-0.2, 0) is 9.59 Å². The third kappa shape index (κ3) is 6.99. The highest BCUT2D eigenvalue weighted by Crippen LogP contribution is 2.21. The van der Waals surface area contributed by atoms with E-state index >= 15 is 0 Å². The number of hydrogen-bond donors (Lipinski definition) is 2. The molecule has 0 bridgehead atoms. The van der Waals surface area contributed by atoms with Gasteiger partial charge < -0.3 is 10.6 Å². The van der Waals surface area contributed by atoms with Gasteiger partial charge in [-0.1, -0.05) is 17.7 Å². The summed E-state index contributed by atoms with van der Waals surface area (Å²) in [5, 5.41) is 4.54. The average molecular weight is 345 g/mol. The van der Waals surface area contributed by atoms with E-state index in [9.17, 15) is 22.8 Å². The van der Waals surface area contributed by atoms with Crippen molar-refractivity contribution in [2.75, 3.05) is 32.0 Å². The number of benzene rings is 1. The van der Waals surface area contributed by atoms with Crippen molar-refractivity contribution in [1.29, 1.82) is 0 Å². The maximum atomic E-state index is 12.0. The van der Waals surface area contributed by atoms with Crippen LogP contribution >= 0.6 is 0 Å². The summed E-state index contributed by atoms with van der Waals surface area (Å²) in [6.45, 7) is 3.93. The predicted octanol–water partition coefficient (Wildman–Crippen LogP) is 2.16. The van der Waals surface area contributed by atoms with Crippen LogP contribution in [0.15, 0.2) is 12.1 Å². The Kier molecular flexibility index (Phi) is 6.77. The number of alkyl halides is 3. The van der Waals surface area contributed by atoms with Crippen LogP contribution in [0.4, 0.5) is 18.9 Å². The first-order valence-electron chi connectivity index (χ1n) is 7.37. The number of carbonyl (C=O) groups excluding carboxylic acids is 2. The molecule has 2 N–H and O–H groups in total. The minimum Gasteiger partial charge on any atom is -0.346 e. The van der Waals surface area contributed by atoms with Crippen LogP contribution in [0.3, 0.4) is 0 Å². The molecule has 134 valence electrons. The lowest BCUT2D eigenvalue weighted by Crippen LogP contribution is -2.42. The molecular weight excluding hydrogens is 323 g/mol. The molecule has 1 rings (SSSR count). The monoisotopic (exact) mass is 345 g/mol. The largest absolute Gasteiger partial charge is 0.405 e. The molecule has 0 aliphatic carbocycles. The van der Waals surface area contributed by atoms with E-state index in [0.29, 0.717) is 5.69 Å². The van der Waals surface area contributed by atoms with Gasteiger partial charge in [0, 0.05) is 5.69 Å². The number of nitrogens with one attached hydrogen (secondary N) is 2. The highest BCUT2D eigenvalue weighted by molar-refractivity contribution is 5.94. The van der Waals surface area contributed by atoms with E-state index in [2.05, 4.69) is 5.32 Å². The molecule has 0 aliphatic heterocycles. The number of likely N-dealkylation sites (N-methyl/N-ethyl adjacent to an activating group) is 1. The molecule has 8 heteroatoms. The molecule has 5 nitrogen and oxygen atoms in total. The quantitative estimate of drug-likeness (QED) is 0.831. The maximum absolute atomic E-state index is 12.0. The van der Waals surface area contributed by atoms with E-state index in [0.717, 1.165) is 16.7 Å². The van der Waals surface area contributed by atoms with E-state index in [1.54, 1.807) is 5.32 Å². The lowest BCUT2D eigenvalue weighted by atomic mass is 10.1. The molecule has 0 saturated carbocycles. The third-order valence-electron chi connectivity index (χ3n) is 3.25. The SMILES string of the molecule is Cc1cc(C)c(NC(=O)CN(C)CC(=O)NCC(F)(F)F)c(C)c1. The van der Waals surface area contributed by atoms with E-state index in [-0.39, 0.29) is 19.0 Å². The summed E-state index contributed by atoms with van der Waals surface area (Å²) in [5.41, 5.74) is 3.64. The molecular formula is C16H22F3N3O2. The summed E-state index contributed by atoms with van der Waals surface area (Å²) in [6.07, 6.45) is -4.45. The molecule has 1 aromatic rings. The molecule has 0 atom stereocenters. The lowest BCUT2D eigenvalue weighted by Gasteiger charge is -2.18. The van der Waals surface area contributed by atoms with Crippen molar-refractivity contribution in [1.82, 2.24) is 10.2 Å². The van der Waals surface area contributed by atoms with Gasteiger partial charge in [0.15, 0.2) is 0 Å². The van der Waals surface area contributed by atoms with Crippen LogP contribution in [0.2, 0.25) is 0 Å². The standard InChI is InChI=1S/C16H22F3N3O2/c1-10-5-11(2)15(12(3)6-10)21-14(24)8-22(4)7-13(23)20-9-16(17,18)19/h5-6H,7-9H2,1-4H3,(H,20,23)(H,21,24). The smallest absolute Gasteiger partial charge is 0.346 e. The zero-order chi connectivity index (χ0) is 18.5. The zero-order valence-corrected chi connectivity index (χ0v) is 14.2. The highest BCUT2D eigenvalue weighted by atomic mass is 19.4. The molecule has 1 aromatic carbocycles. The Hall–Kier alpha value is -2.09. The molecule has 0 aliphatic rings. The summed E-state index contributed by atoms with van der Waals surface area (Å²) in [5.74, 6) is -1.12. The number of amides is 2. The molecule has 0 heterocycles. The number of aryl methyl sites for hydroxylation is 3. The summed E-state index contributed by atoms with van der Waals surface area (Å²) in [7, 11) is 1.49. The minimum atomic E-state index is -4.45. The molecule has 0 unspecified atom stereocenters. The zero-order valence-electron chi connectivity index (χ0n) is 14.2. The van der Waals surface area contributed by atoms with Crippen molar-refractivity contribution < 1.29 is 22.8 Å². The lowest BCUT2D eigenvalue weighted by molar-refractivity contribution is -0.139. The topological polar surface area (TPSA) is 61.4 Å². The number of anilines is 1. The van der Waals surface area contributed by atoms with Crippen LogP contribution in [-0.4, -0.2) is 49.6 Å². The Morgan fingerprint density at radius 3 is 2.04 bits per heavy atom. The molecule has 0 spiro atoms. The summed E-state index contributed by atoms with van der Waals surface area (Å²) in [4.78, 5) is 24.8. The summed E-state index contributed by atoms with van der Waals surface area (Å²) in [6, 6.07) is 3.88. The first-order chi connectivity index (χ1) is 11.0. The Labute approximate surface area is 139 Å². The average Bonchev–Trinajstić information content (AvgIpc) is 2.39. The summed E-state index contributed by atoms with van der Waals surface area (Å²) < 4.78 is 36.1. The second-order valence-corrected chi connectivity index (χ2v) is 5.89. The normalized spacial score (nSPS) is 11.5. The van der Waals surface area contributed by atoms with Gasteiger partial charge in [-0.25, -0.2) is 0 Å². The van der Waals surface area contributed by atoms with E-state index < -0.39 is 18.6 Å². The first-order valence-corrected chi connectivity index (χ1v) is 7.37. The fraction of sp³-hybridized carbons (Fsp3) is 0.500. The van der Waals surface area contributed by atoms with Crippen LogP contribution in [0, 0.1) is 20.8 Å². The van der Waals surface area contributed by atoms with Crippen molar-refractivity contribution >= 4 is 17.5 Å². The fourth-order valence-electron chi connectivity index (χ4n) is 2.36. The Morgan fingerprint density at radius 1 is 1.04 bits per heavy atom. The van der Waals surface area contributed by atoms with Crippen molar-refractivity contribution in [3.8, 4) is 0 Å². The third-order valence-corrected chi connectivity index (χ3v) is 3.25. The van der Waals surface area contributed by atoms with Crippen molar-refractivity contribution in [2.45, 2.75) is 26.9 Å². The molecule has 0 fully saturated rings. The highest BCUT2D eigenvalue weighted by Gasteiger charge is 2.27. The van der Waals surface area contributed by atoms with Gasteiger partial charge in [-0.3, -0.25) is 14.5 Å². The van der Waals surface area contributed by atoms with E-state index in [1.807, 2.05) is 32.9 Å². The van der Waals surface area contributed by atoms with Gasteiger partial charge in [-0.05, 0) is 38.9 Å². The van der Waals surface area contributed by atoms with Crippen LogP contribution in [0.25, 0.3) is 0 Å². The van der Waals surface area contributed by atoms with Crippen molar-refractivity contribution in [2.24, 2.45) is 0 Å². The Morgan fingerprint density at radius 2 is 1.54 bits per heavy atom. The van der Waals surface area contributed by atoms with E-state index in [4.69, 9.17) is 0 Å². The van der Waals surface area contributed by atoms with Crippen LogP contribution in [0.5, 0.6) is 0 Å².